The van der Waals surface area contributed by atoms with Crippen molar-refractivity contribution in [3.05, 3.63) is 42.4 Å². The van der Waals surface area contributed by atoms with Gasteiger partial charge >= 0.3 is 0 Å². The molecule has 0 bridgehead atoms. The Hall–Kier alpha value is -3.70. The Labute approximate surface area is 208 Å². The van der Waals surface area contributed by atoms with Crippen molar-refractivity contribution in [2.75, 3.05) is 37.5 Å². The van der Waals surface area contributed by atoms with Crippen molar-refractivity contribution in [1.82, 2.24) is 29.3 Å². The van der Waals surface area contributed by atoms with E-state index in [1.54, 1.807) is 17.8 Å². The highest BCUT2D eigenvalue weighted by molar-refractivity contribution is 6.00. The van der Waals surface area contributed by atoms with E-state index in [0.717, 1.165) is 49.4 Å². The first-order valence-electron chi connectivity index (χ1n) is 12.4. The highest BCUT2D eigenvalue weighted by Crippen LogP contribution is 2.31. The number of aliphatic hydroxyl groups is 1. The summed E-state index contributed by atoms with van der Waals surface area (Å²) < 4.78 is 9.20. The molecule has 1 aliphatic heterocycles. The van der Waals surface area contributed by atoms with Crippen LogP contribution in [0.4, 0.5) is 11.5 Å². The van der Waals surface area contributed by atoms with E-state index in [1.807, 2.05) is 29.8 Å². The van der Waals surface area contributed by atoms with Gasteiger partial charge in [0.25, 0.3) is 5.91 Å². The van der Waals surface area contributed by atoms with Crippen molar-refractivity contribution in [2.45, 2.75) is 43.9 Å². The zero-order valence-corrected chi connectivity index (χ0v) is 20.4. The molecule has 1 unspecified atom stereocenters. The molecule has 11 heteroatoms. The standard InChI is InChI=1S/C25H30N8O3/c1-26-22-12-18(29-23-16(13-28-33(22)23)25(35)30-17-4-3-5-21(17)34)19-6-7-20(24-27-9-11-32(19)24)31-10-8-15(14-31)36-2/h6-7,9,11-13,15,17,21,26,34H,3-5,8,10,14H2,1-2H3,(H,30,35)/t15-,17?,21+/m0/s1. The van der Waals surface area contributed by atoms with Crippen LogP contribution in [0.15, 0.2) is 36.8 Å². The minimum absolute atomic E-state index is 0.221. The number of amides is 1. The molecule has 0 spiro atoms. The van der Waals surface area contributed by atoms with E-state index in [9.17, 15) is 9.90 Å². The first-order chi connectivity index (χ1) is 17.6. The molecular weight excluding hydrogens is 460 g/mol. The number of hydrogen-bond acceptors (Lipinski definition) is 8. The number of fused-ring (bicyclic) bond motifs is 2. The van der Waals surface area contributed by atoms with E-state index >= 15 is 0 Å². The summed E-state index contributed by atoms with van der Waals surface area (Å²) in [6.45, 7) is 1.74. The molecule has 2 aliphatic rings. The predicted octanol–water partition coefficient (Wildman–Crippen LogP) is 1.95. The quantitative estimate of drug-likeness (QED) is 0.375. The summed E-state index contributed by atoms with van der Waals surface area (Å²) in [6, 6.07) is 5.77. The Morgan fingerprint density at radius 3 is 2.86 bits per heavy atom. The Morgan fingerprint density at radius 1 is 1.22 bits per heavy atom. The second kappa shape index (κ2) is 9.07. The molecule has 188 valence electrons. The van der Waals surface area contributed by atoms with Crippen molar-refractivity contribution >= 4 is 28.7 Å². The van der Waals surface area contributed by atoms with Crippen LogP contribution < -0.4 is 15.5 Å². The molecule has 36 heavy (non-hydrogen) atoms. The maximum atomic E-state index is 13.1. The van der Waals surface area contributed by atoms with Crippen LogP contribution in [0.5, 0.6) is 0 Å². The second-order valence-electron chi connectivity index (χ2n) is 9.47. The van der Waals surface area contributed by atoms with Gasteiger partial charge in [-0.2, -0.15) is 9.61 Å². The normalized spacial score (nSPS) is 22.1. The molecule has 4 aromatic heterocycles. The SMILES string of the molecule is CNc1cc(-c2ccc(N3CC[C@H](OC)C3)c3nccn23)nc2c(C(=O)NC3CCC[C@H]3O)cnn12. The lowest BCUT2D eigenvalue weighted by molar-refractivity contribution is 0.0874. The Balaban J connectivity index is 1.40. The van der Waals surface area contributed by atoms with E-state index in [2.05, 4.69) is 31.7 Å². The number of anilines is 2. The molecule has 4 aromatic rings. The number of aliphatic hydroxyl groups excluding tert-OH is 1. The van der Waals surface area contributed by atoms with Gasteiger partial charge in [0.05, 0.1) is 41.5 Å². The zero-order chi connectivity index (χ0) is 24.8. The van der Waals surface area contributed by atoms with Gasteiger partial charge in [0.2, 0.25) is 0 Å². The zero-order valence-electron chi connectivity index (χ0n) is 20.4. The fourth-order valence-electron chi connectivity index (χ4n) is 5.38. The first kappa shape index (κ1) is 22.7. The van der Waals surface area contributed by atoms with Crippen LogP contribution in [0.1, 0.15) is 36.0 Å². The van der Waals surface area contributed by atoms with Crippen LogP contribution in [0.3, 0.4) is 0 Å². The summed E-state index contributed by atoms with van der Waals surface area (Å²) >= 11 is 0. The van der Waals surface area contributed by atoms with E-state index < -0.39 is 6.10 Å². The summed E-state index contributed by atoms with van der Waals surface area (Å²) in [4.78, 5) is 24.9. The number of rotatable bonds is 6. The summed E-state index contributed by atoms with van der Waals surface area (Å²) in [5, 5.41) is 20.7. The molecule has 1 saturated heterocycles. The van der Waals surface area contributed by atoms with E-state index in [-0.39, 0.29) is 18.1 Å². The number of pyridine rings is 1. The molecule has 1 amide bonds. The lowest BCUT2D eigenvalue weighted by atomic mass is 10.2. The lowest BCUT2D eigenvalue weighted by Gasteiger charge is -2.20. The molecule has 0 radical (unpaired) electrons. The summed E-state index contributed by atoms with van der Waals surface area (Å²) in [5.74, 6) is 0.419. The van der Waals surface area contributed by atoms with Crippen molar-refractivity contribution in [3.63, 3.8) is 0 Å². The van der Waals surface area contributed by atoms with Gasteiger partial charge in [-0.1, -0.05) is 0 Å². The number of carbonyl (C=O) groups excluding carboxylic acids is 1. The molecule has 0 aromatic carbocycles. The second-order valence-corrected chi connectivity index (χ2v) is 9.47. The maximum Gasteiger partial charge on any atom is 0.257 e. The fourth-order valence-corrected chi connectivity index (χ4v) is 5.38. The predicted molar refractivity (Wildman–Crippen MR) is 135 cm³/mol. The summed E-state index contributed by atoms with van der Waals surface area (Å²) in [6.07, 6.45) is 8.29. The molecule has 1 saturated carbocycles. The highest BCUT2D eigenvalue weighted by atomic mass is 16.5. The number of carbonyl (C=O) groups is 1. The Morgan fingerprint density at radius 2 is 2.11 bits per heavy atom. The average molecular weight is 491 g/mol. The van der Waals surface area contributed by atoms with Crippen LogP contribution in [0, 0.1) is 0 Å². The lowest BCUT2D eigenvalue weighted by Crippen LogP contribution is -2.39. The third-order valence-electron chi connectivity index (χ3n) is 7.38. The molecule has 3 N–H and O–H groups in total. The van der Waals surface area contributed by atoms with Gasteiger partial charge in [0, 0.05) is 45.7 Å². The Bertz CT molecular complexity index is 1430. The van der Waals surface area contributed by atoms with Gasteiger partial charge in [-0.25, -0.2) is 9.97 Å². The minimum atomic E-state index is -0.519. The van der Waals surface area contributed by atoms with Gasteiger partial charge in [-0.3, -0.25) is 9.20 Å². The fraction of sp³-hybridized carbons (Fsp3) is 0.440. The molecule has 1 aliphatic carbocycles. The maximum absolute atomic E-state index is 13.1. The van der Waals surface area contributed by atoms with E-state index in [1.165, 1.54) is 6.20 Å². The number of hydrogen-bond donors (Lipinski definition) is 3. The number of nitrogens with one attached hydrogen (secondary N) is 2. The van der Waals surface area contributed by atoms with Crippen LogP contribution >= 0.6 is 0 Å². The average Bonchev–Trinajstić information content (AvgIpc) is 3.69. The molecule has 11 nitrogen and oxygen atoms in total. The molecular formula is C25H30N8O3. The summed E-state index contributed by atoms with van der Waals surface area (Å²) in [7, 11) is 3.56. The molecule has 3 atom stereocenters. The van der Waals surface area contributed by atoms with Crippen molar-refractivity contribution < 1.29 is 14.6 Å². The van der Waals surface area contributed by atoms with Crippen LogP contribution in [0.25, 0.3) is 22.7 Å². The van der Waals surface area contributed by atoms with Gasteiger partial charge < -0.3 is 25.4 Å². The number of methoxy groups -OCH3 is 1. The summed E-state index contributed by atoms with van der Waals surface area (Å²) in [5.41, 5.74) is 4.26. The Kier molecular flexibility index (Phi) is 5.73. The van der Waals surface area contributed by atoms with E-state index in [0.29, 0.717) is 29.1 Å². The third-order valence-corrected chi connectivity index (χ3v) is 7.38. The number of nitrogens with zero attached hydrogens (tertiary/aromatic N) is 6. The number of ether oxygens (including phenoxy) is 1. The van der Waals surface area contributed by atoms with Crippen LogP contribution in [-0.4, -0.2) is 80.5 Å². The topological polar surface area (TPSA) is 121 Å². The minimum Gasteiger partial charge on any atom is -0.391 e. The highest BCUT2D eigenvalue weighted by Gasteiger charge is 2.29. The largest absolute Gasteiger partial charge is 0.391 e. The van der Waals surface area contributed by atoms with Gasteiger partial charge in [0.1, 0.15) is 11.4 Å². The molecule has 2 fully saturated rings. The monoisotopic (exact) mass is 490 g/mol. The third kappa shape index (κ3) is 3.75. The smallest absolute Gasteiger partial charge is 0.257 e. The van der Waals surface area contributed by atoms with Gasteiger partial charge in [-0.15, -0.1) is 0 Å². The number of aromatic nitrogens is 5. The van der Waals surface area contributed by atoms with Crippen molar-refractivity contribution in [3.8, 4) is 11.4 Å². The van der Waals surface area contributed by atoms with Crippen LogP contribution in [0.2, 0.25) is 0 Å². The van der Waals surface area contributed by atoms with Gasteiger partial charge in [0.15, 0.2) is 11.3 Å². The van der Waals surface area contributed by atoms with Gasteiger partial charge in [-0.05, 0) is 37.8 Å². The molecule has 5 heterocycles. The first-order valence-corrected chi connectivity index (χ1v) is 12.4. The van der Waals surface area contributed by atoms with Crippen molar-refractivity contribution in [1.29, 1.82) is 0 Å². The van der Waals surface area contributed by atoms with E-state index in [4.69, 9.17) is 9.72 Å². The van der Waals surface area contributed by atoms with Crippen molar-refractivity contribution in [2.24, 2.45) is 0 Å². The number of imidazole rings is 1. The molecule has 6 rings (SSSR count). The van der Waals surface area contributed by atoms with Crippen LogP contribution in [-0.2, 0) is 4.74 Å².